The van der Waals surface area contributed by atoms with Crippen LogP contribution in [0.5, 0.6) is 0 Å². The van der Waals surface area contributed by atoms with Gasteiger partial charge in [-0.3, -0.25) is 0 Å². The molecular weight excluding hydrogens is 100 g/mol. The van der Waals surface area contributed by atoms with Gasteiger partial charge in [-0.25, -0.2) is 0 Å². The van der Waals surface area contributed by atoms with Gasteiger partial charge in [0.15, 0.2) is 0 Å². The average Bonchev–Trinajstić information content (AvgIpc) is 1.71. The second kappa shape index (κ2) is 15.8. The maximum absolute atomic E-state index is 5.14. The van der Waals surface area contributed by atoms with Gasteiger partial charge in [0.2, 0.25) is 0 Å². The van der Waals surface area contributed by atoms with E-state index in [1.54, 1.807) is 0 Å². The van der Waals surface area contributed by atoms with E-state index in [0.717, 1.165) is 6.54 Å². The van der Waals surface area contributed by atoms with Crippen molar-refractivity contribution in [2.24, 2.45) is 5.73 Å². The molecule has 0 aromatic rings. The molecule has 2 heteroatoms. The Hall–Kier alpha value is -0.0800. The van der Waals surface area contributed by atoms with Crippen LogP contribution in [0, 0.1) is 0 Å². The summed E-state index contributed by atoms with van der Waals surface area (Å²) in [7, 11) is 3.75. The Bertz CT molecular complexity index is 20.5. The van der Waals surface area contributed by atoms with E-state index in [4.69, 9.17) is 5.73 Å². The Balaban J connectivity index is 0. The van der Waals surface area contributed by atoms with Crippen molar-refractivity contribution in [1.29, 1.82) is 0 Å². The van der Waals surface area contributed by atoms with Crippen LogP contribution in [0.15, 0.2) is 0 Å². The summed E-state index contributed by atoms with van der Waals surface area (Å²) < 4.78 is 0. The molecule has 0 aromatic heterocycles. The first-order valence-corrected chi connectivity index (χ1v) is 3.12. The second-order valence-electron chi connectivity index (χ2n) is 1.64. The monoisotopic (exact) mass is 118 g/mol. The van der Waals surface area contributed by atoms with Crippen LogP contribution < -0.4 is 11.1 Å². The Morgan fingerprint density at radius 3 is 1.75 bits per heavy atom. The maximum Gasteiger partial charge on any atom is -0.00774 e. The van der Waals surface area contributed by atoms with E-state index in [2.05, 4.69) is 12.2 Å². The molecule has 8 heavy (non-hydrogen) atoms. The topological polar surface area (TPSA) is 38.0 Å². The number of unbranched alkanes of at least 4 members (excludes halogenated alkanes) is 1. The predicted octanol–water partition coefficient (Wildman–Crippen LogP) is 0.581. The number of hydrogen-bond acceptors (Lipinski definition) is 2. The molecule has 0 aliphatic carbocycles. The average molecular weight is 118 g/mol. The van der Waals surface area contributed by atoms with Crippen molar-refractivity contribution in [3.8, 4) is 0 Å². The molecule has 52 valence electrons. The van der Waals surface area contributed by atoms with Crippen LogP contribution in [0.25, 0.3) is 0 Å². The first kappa shape index (κ1) is 10.8. The van der Waals surface area contributed by atoms with E-state index < -0.39 is 0 Å². The first-order valence-electron chi connectivity index (χ1n) is 3.12. The van der Waals surface area contributed by atoms with Crippen molar-refractivity contribution in [2.75, 3.05) is 20.6 Å². The van der Waals surface area contributed by atoms with Gasteiger partial charge < -0.3 is 11.1 Å². The minimum Gasteiger partial charge on any atom is -0.330 e. The highest BCUT2D eigenvalue weighted by Crippen LogP contribution is 1.77. The Morgan fingerprint density at radius 2 is 1.75 bits per heavy atom. The summed E-state index contributed by atoms with van der Waals surface area (Å²) in [6.45, 7) is 2.98. The highest BCUT2D eigenvalue weighted by atomic mass is 14.7. The summed E-state index contributed by atoms with van der Waals surface area (Å²) in [4.78, 5) is 0. The van der Waals surface area contributed by atoms with Crippen molar-refractivity contribution in [2.45, 2.75) is 19.8 Å². The molecule has 0 atom stereocenters. The summed E-state index contributed by atoms with van der Waals surface area (Å²) in [6, 6.07) is 0. The fourth-order valence-electron chi connectivity index (χ4n) is 0.204. The summed E-state index contributed by atoms with van der Waals surface area (Å²) >= 11 is 0. The lowest BCUT2D eigenvalue weighted by molar-refractivity contribution is 0.807. The van der Waals surface area contributed by atoms with E-state index in [9.17, 15) is 0 Å². The van der Waals surface area contributed by atoms with E-state index in [0.29, 0.717) is 0 Å². The fourth-order valence-corrected chi connectivity index (χ4v) is 0.204. The van der Waals surface area contributed by atoms with Gasteiger partial charge in [-0.15, -0.1) is 0 Å². The maximum atomic E-state index is 5.14. The van der Waals surface area contributed by atoms with Gasteiger partial charge in [-0.2, -0.15) is 0 Å². The number of rotatable bonds is 2. The number of nitrogens with two attached hydrogens (primary N) is 1. The molecule has 0 radical (unpaired) electrons. The fraction of sp³-hybridized carbons (Fsp3) is 1.00. The molecule has 0 fully saturated rings. The van der Waals surface area contributed by atoms with Gasteiger partial charge in [0.1, 0.15) is 0 Å². The number of hydrogen-bond donors (Lipinski definition) is 2. The van der Waals surface area contributed by atoms with E-state index in [-0.39, 0.29) is 0 Å². The van der Waals surface area contributed by atoms with Gasteiger partial charge in [0.25, 0.3) is 0 Å². The molecule has 0 aromatic carbocycles. The highest BCUT2D eigenvalue weighted by Gasteiger charge is 1.67. The Labute approximate surface area is 52.5 Å². The van der Waals surface area contributed by atoms with Crippen LogP contribution in [0.2, 0.25) is 0 Å². The smallest absolute Gasteiger partial charge is 0.00774 e. The zero-order valence-electron chi connectivity index (χ0n) is 6.20. The summed E-state index contributed by atoms with van der Waals surface area (Å²) in [5, 5.41) is 2.75. The van der Waals surface area contributed by atoms with E-state index in [1.165, 1.54) is 12.8 Å². The summed E-state index contributed by atoms with van der Waals surface area (Å²) in [6.07, 6.45) is 2.39. The lowest BCUT2D eigenvalue weighted by Crippen LogP contribution is -1.95. The molecule has 0 aliphatic rings. The molecule has 0 saturated heterocycles. The van der Waals surface area contributed by atoms with Crippen LogP contribution >= 0.6 is 0 Å². The van der Waals surface area contributed by atoms with Crippen LogP contribution in [0.1, 0.15) is 19.8 Å². The largest absolute Gasteiger partial charge is 0.330 e. The van der Waals surface area contributed by atoms with Crippen LogP contribution in [-0.2, 0) is 0 Å². The molecular formula is C6H18N2. The highest BCUT2D eigenvalue weighted by molar-refractivity contribution is 4.29. The van der Waals surface area contributed by atoms with Crippen LogP contribution in [-0.4, -0.2) is 20.6 Å². The van der Waals surface area contributed by atoms with Crippen LogP contribution in [0.3, 0.4) is 0 Å². The molecule has 0 aliphatic heterocycles. The molecule has 0 spiro atoms. The third-order valence-corrected chi connectivity index (χ3v) is 0.558. The molecule has 0 rings (SSSR count). The van der Waals surface area contributed by atoms with Gasteiger partial charge in [0.05, 0.1) is 0 Å². The van der Waals surface area contributed by atoms with Crippen molar-refractivity contribution in [3.63, 3.8) is 0 Å². The Morgan fingerprint density at radius 1 is 1.38 bits per heavy atom. The Kier molecular flexibility index (Phi) is 21.3. The molecule has 0 amide bonds. The summed E-state index contributed by atoms with van der Waals surface area (Å²) in [5.41, 5.74) is 5.14. The quantitative estimate of drug-likeness (QED) is 0.556. The lowest BCUT2D eigenvalue weighted by Gasteiger charge is -1.80. The van der Waals surface area contributed by atoms with E-state index in [1.807, 2.05) is 14.1 Å². The standard InChI is InChI=1S/C4H11N.C2H7N/c1-2-3-4-5;1-3-2/h2-5H2,1H3;3H,1-2H3. The van der Waals surface area contributed by atoms with Gasteiger partial charge in [0, 0.05) is 0 Å². The second-order valence-corrected chi connectivity index (χ2v) is 1.64. The third-order valence-electron chi connectivity index (χ3n) is 0.558. The van der Waals surface area contributed by atoms with Crippen LogP contribution in [0.4, 0.5) is 0 Å². The molecule has 0 unspecified atom stereocenters. The van der Waals surface area contributed by atoms with Crippen molar-refractivity contribution >= 4 is 0 Å². The van der Waals surface area contributed by atoms with Crippen molar-refractivity contribution in [3.05, 3.63) is 0 Å². The van der Waals surface area contributed by atoms with Gasteiger partial charge in [-0.1, -0.05) is 13.3 Å². The SMILES string of the molecule is CCCCN.CNC. The number of nitrogens with one attached hydrogen (secondary N) is 1. The molecule has 3 N–H and O–H groups in total. The minimum absolute atomic E-state index is 0.844. The minimum atomic E-state index is 0.844. The zero-order chi connectivity index (χ0) is 6.83. The molecule has 0 bridgehead atoms. The van der Waals surface area contributed by atoms with Gasteiger partial charge >= 0.3 is 0 Å². The zero-order valence-corrected chi connectivity index (χ0v) is 6.20. The summed E-state index contributed by atoms with van der Waals surface area (Å²) in [5.74, 6) is 0. The molecule has 0 heterocycles. The molecule has 2 nitrogen and oxygen atoms in total. The third kappa shape index (κ3) is 38.9. The van der Waals surface area contributed by atoms with E-state index >= 15 is 0 Å². The normalized spacial score (nSPS) is 7.50. The first-order chi connectivity index (χ1) is 3.83. The van der Waals surface area contributed by atoms with Crippen molar-refractivity contribution in [1.82, 2.24) is 5.32 Å². The lowest BCUT2D eigenvalue weighted by atomic mass is 10.3. The molecule has 0 saturated carbocycles. The predicted molar refractivity (Wildman–Crippen MR) is 38.9 cm³/mol. The van der Waals surface area contributed by atoms with Crippen molar-refractivity contribution < 1.29 is 0 Å². The van der Waals surface area contributed by atoms with Gasteiger partial charge in [-0.05, 0) is 27.1 Å².